The highest BCUT2D eigenvalue weighted by molar-refractivity contribution is 6.10. The topological polar surface area (TPSA) is 61.1 Å². The lowest BCUT2D eigenvalue weighted by molar-refractivity contribution is -0.137. The summed E-state index contributed by atoms with van der Waals surface area (Å²) in [4.78, 5) is 12.9. The second-order valence-corrected chi connectivity index (χ2v) is 9.10. The average Bonchev–Trinajstić information content (AvgIpc) is 3.50. The van der Waals surface area contributed by atoms with Crippen molar-refractivity contribution in [3.8, 4) is 5.69 Å². The number of nitrogens with one attached hydrogen (secondary N) is 1. The Morgan fingerprint density at radius 2 is 1.94 bits per heavy atom. The van der Waals surface area contributed by atoms with Gasteiger partial charge >= 0.3 is 6.18 Å². The highest BCUT2D eigenvalue weighted by Gasteiger charge is 2.51. The van der Waals surface area contributed by atoms with E-state index in [0.29, 0.717) is 29.4 Å². The fraction of sp³-hybridized carbons (Fsp3) is 0.333. The maximum absolute atomic E-state index is 13.0. The van der Waals surface area contributed by atoms with Crippen molar-refractivity contribution in [1.29, 1.82) is 0 Å². The molecule has 9 heteroatoms. The molecule has 4 heterocycles. The van der Waals surface area contributed by atoms with Crippen LogP contribution in [0.3, 0.4) is 0 Å². The molecule has 7 rings (SSSR count). The lowest BCUT2D eigenvalue weighted by atomic mass is 9.74. The molecule has 0 spiro atoms. The quantitative estimate of drug-likeness (QED) is 0.496. The second-order valence-electron chi connectivity index (χ2n) is 9.10. The van der Waals surface area contributed by atoms with Gasteiger partial charge in [0.1, 0.15) is 0 Å². The molecule has 2 saturated heterocycles. The summed E-state index contributed by atoms with van der Waals surface area (Å²) in [5.74, 6) is 0.451. The minimum Gasteiger partial charge on any atom is -0.373 e. The Balaban J connectivity index is 1.37. The monoisotopic (exact) mass is 454 g/mol. The summed E-state index contributed by atoms with van der Waals surface area (Å²) >= 11 is 0. The molecule has 4 aromatic rings. The zero-order chi connectivity index (χ0) is 23.0. The van der Waals surface area contributed by atoms with Gasteiger partial charge in [-0.2, -0.15) is 18.3 Å². The van der Waals surface area contributed by atoms with Crippen LogP contribution in [0.1, 0.15) is 28.8 Å². The van der Waals surface area contributed by atoms with E-state index in [1.54, 1.807) is 17.8 Å². The van der Waals surface area contributed by atoms with Crippen LogP contribution in [0.25, 0.3) is 27.6 Å². The van der Waals surface area contributed by atoms with Crippen LogP contribution in [0.5, 0.6) is 0 Å². The van der Waals surface area contributed by atoms with Crippen LogP contribution >= 0.6 is 0 Å². The predicted molar refractivity (Wildman–Crippen MR) is 116 cm³/mol. The standard InChI is InChI=1S/C24H21F3N4O2/c1-30-11-19-18-8-15(22(32)28-13-23-9-14(10-23)12-33-23)2-7-20(18)31(21(19)29-30)17-5-3-16(4-6-17)24(25,26)27/h2-8,11,14H,9-10,12-13H2,1H3,(H,28,32)/t14-,23+. The van der Waals surface area contributed by atoms with Crippen LogP contribution < -0.4 is 5.32 Å². The van der Waals surface area contributed by atoms with E-state index in [1.807, 2.05) is 22.9 Å². The summed E-state index contributed by atoms with van der Waals surface area (Å²) in [6, 6.07) is 10.3. The number of aromatic nitrogens is 3. The summed E-state index contributed by atoms with van der Waals surface area (Å²) in [7, 11) is 1.78. The number of hydrogen-bond donors (Lipinski definition) is 1. The third kappa shape index (κ3) is 3.21. The van der Waals surface area contributed by atoms with E-state index in [0.717, 1.165) is 47.9 Å². The minimum atomic E-state index is -4.40. The van der Waals surface area contributed by atoms with E-state index in [4.69, 9.17) is 4.74 Å². The molecule has 1 N–H and O–H groups in total. The molecule has 2 aromatic carbocycles. The number of fused-ring (bicyclic) bond motifs is 4. The summed E-state index contributed by atoms with van der Waals surface area (Å²) in [5.41, 5.74) is 1.56. The fourth-order valence-electron chi connectivity index (χ4n) is 5.16. The van der Waals surface area contributed by atoms with E-state index in [2.05, 4.69) is 10.4 Å². The van der Waals surface area contributed by atoms with Crippen molar-refractivity contribution in [1.82, 2.24) is 19.7 Å². The number of benzene rings is 2. The van der Waals surface area contributed by atoms with Gasteiger partial charge < -0.3 is 10.1 Å². The third-order valence-electron chi connectivity index (χ3n) is 6.78. The van der Waals surface area contributed by atoms with Gasteiger partial charge in [0, 0.05) is 41.8 Å². The molecule has 1 saturated carbocycles. The average molecular weight is 454 g/mol. The molecule has 1 amide bonds. The summed E-state index contributed by atoms with van der Waals surface area (Å²) < 4.78 is 48.3. The molecule has 3 aliphatic rings. The first-order valence-corrected chi connectivity index (χ1v) is 10.8. The first kappa shape index (κ1) is 20.3. The lowest BCUT2D eigenvalue weighted by Crippen LogP contribution is -2.47. The number of amides is 1. The van der Waals surface area contributed by atoms with E-state index in [-0.39, 0.29) is 11.5 Å². The zero-order valence-electron chi connectivity index (χ0n) is 17.8. The van der Waals surface area contributed by atoms with Gasteiger partial charge in [0.05, 0.1) is 23.3 Å². The Bertz CT molecular complexity index is 1390. The Morgan fingerprint density at radius 3 is 2.61 bits per heavy atom. The van der Waals surface area contributed by atoms with E-state index in [9.17, 15) is 18.0 Å². The molecule has 2 aliphatic heterocycles. The van der Waals surface area contributed by atoms with Crippen molar-refractivity contribution < 1.29 is 22.7 Å². The number of carbonyl (C=O) groups is 1. The maximum atomic E-state index is 13.0. The molecule has 0 atom stereocenters. The van der Waals surface area contributed by atoms with Crippen LogP contribution in [-0.4, -0.2) is 39.0 Å². The van der Waals surface area contributed by atoms with Crippen LogP contribution in [0, 0.1) is 5.92 Å². The molecule has 0 radical (unpaired) electrons. The Morgan fingerprint density at radius 1 is 1.18 bits per heavy atom. The van der Waals surface area contributed by atoms with Crippen molar-refractivity contribution in [3.05, 3.63) is 59.8 Å². The van der Waals surface area contributed by atoms with Crippen LogP contribution in [-0.2, 0) is 18.0 Å². The van der Waals surface area contributed by atoms with E-state index >= 15 is 0 Å². The smallest absolute Gasteiger partial charge is 0.373 e. The van der Waals surface area contributed by atoms with E-state index in [1.165, 1.54) is 12.1 Å². The molecular formula is C24H21F3N4O2. The van der Waals surface area contributed by atoms with Gasteiger partial charge in [0.15, 0.2) is 5.65 Å². The van der Waals surface area contributed by atoms with Gasteiger partial charge in [-0.15, -0.1) is 0 Å². The molecule has 170 valence electrons. The van der Waals surface area contributed by atoms with Crippen molar-refractivity contribution >= 4 is 27.8 Å². The number of aryl methyl sites for hydroxylation is 1. The molecule has 0 unspecified atom stereocenters. The van der Waals surface area contributed by atoms with Crippen LogP contribution in [0.15, 0.2) is 48.7 Å². The molecule has 6 nitrogen and oxygen atoms in total. The molecule has 33 heavy (non-hydrogen) atoms. The van der Waals surface area contributed by atoms with Crippen molar-refractivity contribution in [2.75, 3.05) is 13.2 Å². The first-order valence-electron chi connectivity index (χ1n) is 10.8. The number of nitrogens with zero attached hydrogens (tertiary/aromatic N) is 3. The molecule has 1 aliphatic carbocycles. The third-order valence-corrected chi connectivity index (χ3v) is 6.78. The summed E-state index contributed by atoms with van der Waals surface area (Å²) in [5, 5.41) is 9.14. The van der Waals surface area contributed by atoms with Gasteiger partial charge in [-0.25, -0.2) is 0 Å². The molecular weight excluding hydrogens is 433 g/mol. The SMILES string of the molecule is Cn1cc2c3cc(C(=O)NC[C@]45C[C@H](CO4)C5)ccc3n(-c3ccc(C(F)(F)F)cc3)c2n1. The van der Waals surface area contributed by atoms with Crippen molar-refractivity contribution in [2.45, 2.75) is 24.6 Å². The number of ether oxygens (including phenoxy) is 1. The number of halogens is 3. The predicted octanol–water partition coefficient (Wildman–Crippen LogP) is 4.44. The highest BCUT2D eigenvalue weighted by Crippen LogP contribution is 2.47. The van der Waals surface area contributed by atoms with Crippen LogP contribution in [0.4, 0.5) is 13.2 Å². The van der Waals surface area contributed by atoms with E-state index < -0.39 is 11.7 Å². The lowest BCUT2D eigenvalue weighted by Gasteiger charge is -2.35. The number of carbonyl (C=O) groups excluding carboxylic acids is 1. The molecule has 2 bridgehead atoms. The second kappa shape index (κ2) is 6.84. The number of hydrogen-bond acceptors (Lipinski definition) is 3. The van der Waals surface area contributed by atoms with Gasteiger partial charge in [-0.1, -0.05) is 0 Å². The van der Waals surface area contributed by atoms with Gasteiger partial charge in [-0.3, -0.25) is 14.0 Å². The fourth-order valence-corrected chi connectivity index (χ4v) is 5.16. The zero-order valence-corrected chi connectivity index (χ0v) is 17.8. The summed E-state index contributed by atoms with van der Waals surface area (Å²) in [6.45, 7) is 1.27. The molecule has 2 aromatic heterocycles. The first-order chi connectivity index (χ1) is 15.7. The van der Waals surface area contributed by atoms with Gasteiger partial charge in [0.2, 0.25) is 0 Å². The Hall–Kier alpha value is -3.33. The minimum absolute atomic E-state index is 0.176. The molecule has 3 fully saturated rings. The number of alkyl halides is 3. The highest BCUT2D eigenvalue weighted by atomic mass is 19.4. The number of rotatable bonds is 4. The maximum Gasteiger partial charge on any atom is 0.416 e. The van der Waals surface area contributed by atoms with Gasteiger partial charge in [0.25, 0.3) is 5.91 Å². The Labute approximate surface area is 186 Å². The van der Waals surface area contributed by atoms with Crippen molar-refractivity contribution in [3.63, 3.8) is 0 Å². The van der Waals surface area contributed by atoms with Gasteiger partial charge in [-0.05, 0) is 61.2 Å². The van der Waals surface area contributed by atoms with Crippen molar-refractivity contribution in [2.24, 2.45) is 13.0 Å². The largest absolute Gasteiger partial charge is 0.416 e. The van der Waals surface area contributed by atoms with Crippen LogP contribution in [0.2, 0.25) is 0 Å². The Kier molecular flexibility index (Phi) is 4.20. The summed E-state index contributed by atoms with van der Waals surface area (Å²) in [6.07, 6.45) is -0.555. The normalized spacial score (nSPS) is 22.1.